The van der Waals surface area contributed by atoms with Crippen molar-refractivity contribution < 1.29 is 0 Å². The summed E-state index contributed by atoms with van der Waals surface area (Å²) in [7, 11) is 2.18. The standard InChI is InChI=1S/C9H20N2/c1-4-11(3)9(7-10)5-8(2)6-9/h8H,4-7,10H2,1-3H3. The van der Waals surface area contributed by atoms with Gasteiger partial charge < -0.3 is 5.73 Å². The maximum absolute atomic E-state index is 5.77. The Morgan fingerprint density at radius 1 is 1.55 bits per heavy atom. The molecule has 0 saturated heterocycles. The van der Waals surface area contributed by atoms with Crippen LogP contribution in [0.3, 0.4) is 0 Å². The molecule has 1 aliphatic rings. The van der Waals surface area contributed by atoms with Gasteiger partial charge in [0, 0.05) is 12.1 Å². The van der Waals surface area contributed by atoms with Crippen molar-refractivity contribution in [1.29, 1.82) is 0 Å². The molecule has 0 amide bonds. The largest absolute Gasteiger partial charge is 0.329 e. The molecule has 0 aromatic carbocycles. The van der Waals surface area contributed by atoms with E-state index >= 15 is 0 Å². The Balaban J connectivity index is 2.49. The van der Waals surface area contributed by atoms with Crippen LogP contribution in [0.5, 0.6) is 0 Å². The fourth-order valence-corrected chi connectivity index (χ4v) is 2.21. The van der Waals surface area contributed by atoms with Crippen LogP contribution in [0.1, 0.15) is 26.7 Å². The zero-order valence-electron chi connectivity index (χ0n) is 7.93. The third-order valence-electron chi connectivity index (χ3n) is 3.12. The van der Waals surface area contributed by atoms with E-state index in [-0.39, 0.29) is 0 Å². The van der Waals surface area contributed by atoms with E-state index in [1.165, 1.54) is 12.8 Å². The zero-order chi connectivity index (χ0) is 8.48. The van der Waals surface area contributed by atoms with Crippen molar-refractivity contribution in [3.05, 3.63) is 0 Å². The minimum Gasteiger partial charge on any atom is -0.329 e. The van der Waals surface area contributed by atoms with Crippen molar-refractivity contribution in [2.24, 2.45) is 11.7 Å². The molecular formula is C9H20N2. The SMILES string of the molecule is CCN(C)C1(CN)CC(C)C1. The van der Waals surface area contributed by atoms with Gasteiger partial charge in [0.2, 0.25) is 0 Å². The lowest BCUT2D eigenvalue weighted by atomic mass is 9.68. The van der Waals surface area contributed by atoms with Gasteiger partial charge in [-0.25, -0.2) is 0 Å². The van der Waals surface area contributed by atoms with E-state index in [1.807, 2.05) is 0 Å². The van der Waals surface area contributed by atoms with Crippen LogP contribution in [0.2, 0.25) is 0 Å². The van der Waals surface area contributed by atoms with E-state index in [4.69, 9.17) is 5.73 Å². The highest BCUT2D eigenvalue weighted by atomic mass is 15.2. The number of hydrogen-bond donors (Lipinski definition) is 1. The average molecular weight is 156 g/mol. The van der Waals surface area contributed by atoms with Crippen molar-refractivity contribution >= 4 is 0 Å². The monoisotopic (exact) mass is 156 g/mol. The molecule has 0 spiro atoms. The van der Waals surface area contributed by atoms with Crippen LogP contribution in [-0.4, -0.2) is 30.6 Å². The summed E-state index contributed by atoms with van der Waals surface area (Å²) in [6.07, 6.45) is 2.57. The van der Waals surface area contributed by atoms with Crippen molar-refractivity contribution in [2.75, 3.05) is 20.1 Å². The molecule has 0 radical (unpaired) electrons. The first-order valence-corrected chi connectivity index (χ1v) is 4.56. The van der Waals surface area contributed by atoms with Crippen molar-refractivity contribution in [3.8, 4) is 0 Å². The minimum absolute atomic E-state index is 0.355. The van der Waals surface area contributed by atoms with Crippen LogP contribution in [0.25, 0.3) is 0 Å². The first-order valence-electron chi connectivity index (χ1n) is 4.56. The smallest absolute Gasteiger partial charge is 0.0333 e. The van der Waals surface area contributed by atoms with Gasteiger partial charge in [-0.15, -0.1) is 0 Å². The summed E-state index contributed by atoms with van der Waals surface area (Å²) in [6, 6.07) is 0. The molecule has 1 rings (SSSR count). The van der Waals surface area contributed by atoms with Gasteiger partial charge in [0.15, 0.2) is 0 Å². The highest BCUT2D eigenvalue weighted by Crippen LogP contribution is 2.40. The molecule has 1 saturated carbocycles. The molecule has 2 heteroatoms. The van der Waals surface area contributed by atoms with E-state index in [1.54, 1.807) is 0 Å². The summed E-state index contributed by atoms with van der Waals surface area (Å²) in [6.45, 7) is 6.43. The van der Waals surface area contributed by atoms with Crippen LogP contribution in [0.15, 0.2) is 0 Å². The summed E-state index contributed by atoms with van der Waals surface area (Å²) in [5.41, 5.74) is 6.12. The van der Waals surface area contributed by atoms with Gasteiger partial charge in [-0.05, 0) is 32.4 Å². The summed E-state index contributed by atoms with van der Waals surface area (Å²) in [5.74, 6) is 0.882. The van der Waals surface area contributed by atoms with Crippen LogP contribution >= 0.6 is 0 Å². The van der Waals surface area contributed by atoms with E-state index in [0.717, 1.165) is 19.0 Å². The number of hydrogen-bond acceptors (Lipinski definition) is 2. The van der Waals surface area contributed by atoms with Gasteiger partial charge in [0.1, 0.15) is 0 Å². The Kier molecular flexibility index (Phi) is 2.55. The lowest BCUT2D eigenvalue weighted by molar-refractivity contribution is 0.00946. The molecule has 0 aromatic heterocycles. The molecule has 0 unspecified atom stereocenters. The molecule has 0 aromatic rings. The third-order valence-corrected chi connectivity index (χ3v) is 3.12. The van der Waals surface area contributed by atoms with E-state index in [2.05, 4.69) is 25.8 Å². The molecular weight excluding hydrogens is 136 g/mol. The number of rotatable bonds is 3. The quantitative estimate of drug-likeness (QED) is 0.662. The van der Waals surface area contributed by atoms with Crippen LogP contribution < -0.4 is 5.73 Å². The minimum atomic E-state index is 0.355. The van der Waals surface area contributed by atoms with Gasteiger partial charge in [0.05, 0.1) is 0 Å². The van der Waals surface area contributed by atoms with Gasteiger partial charge in [-0.2, -0.15) is 0 Å². The second kappa shape index (κ2) is 3.11. The maximum atomic E-state index is 5.77. The first-order chi connectivity index (χ1) is 5.14. The predicted octanol–water partition coefficient (Wildman–Crippen LogP) is 1.07. The summed E-state index contributed by atoms with van der Waals surface area (Å²) in [5, 5.41) is 0. The molecule has 0 bridgehead atoms. The van der Waals surface area contributed by atoms with E-state index in [0.29, 0.717) is 5.54 Å². The van der Waals surface area contributed by atoms with E-state index < -0.39 is 0 Å². The highest BCUT2D eigenvalue weighted by molar-refractivity contribution is 5.00. The van der Waals surface area contributed by atoms with Crippen LogP contribution in [0.4, 0.5) is 0 Å². The number of nitrogens with zero attached hydrogens (tertiary/aromatic N) is 1. The summed E-state index contributed by atoms with van der Waals surface area (Å²) >= 11 is 0. The van der Waals surface area contributed by atoms with Gasteiger partial charge in [-0.1, -0.05) is 13.8 Å². The molecule has 11 heavy (non-hydrogen) atoms. The first kappa shape index (κ1) is 9.01. The molecule has 0 aliphatic heterocycles. The molecule has 1 aliphatic carbocycles. The number of nitrogens with two attached hydrogens (primary N) is 1. The average Bonchev–Trinajstić information content (AvgIpc) is 1.96. The van der Waals surface area contributed by atoms with Crippen molar-refractivity contribution in [1.82, 2.24) is 4.90 Å². The Morgan fingerprint density at radius 2 is 2.09 bits per heavy atom. The predicted molar refractivity (Wildman–Crippen MR) is 48.5 cm³/mol. The normalized spacial score (nSPS) is 37.4. The van der Waals surface area contributed by atoms with Crippen LogP contribution in [-0.2, 0) is 0 Å². The Morgan fingerprint density at radius 3 is 2.36 bits per heavy atom. The van der Waals surface area contributed by atoms with Gasteiger partial charge >= 0.3 is 0 Å². The fraction of sp³-hybridized carbons (Fsp3) is 1.00. The topological polar surface area (TPSA) is 29.3 Å². The fourth-order valence-electron chi connectivity index (χ4n) is 2.21. The Hall–Kier alpha value is -0.0800. The molecule has 2 N–H and O–H groups in total. The van der Waals surface area contributed by atoms with Crippen LogP contribution in [0, 0.1) is 5.92 Å². The Bertz CT molecular complexity index is 128. The van der Waals surface area contributed by atoms with Crippen molar-refractivity contribution in [3.63, 3.8) is 0 Å². The maximum Gasteiger partial charge on any atom is 0.0333 e. The molecule has 0 heterocycles. The highest BCUT2D eigenvalue weighted by Gasteiger charge is 2.43. The molecule has 2 nitrogen and oxygen atoms in total. The van der Waals surface area contributed by atoms with Gasteiger partial charge in [0.25, 0.3) is 0 Å². The second-order valence-corrected chi connectivity index (χ2v) is 3.96. The second-order valence-electron chi connectivity index (χ2n) is 3.96. The van der Waals surface area contributed by atoms with Gasteiger partial charge in [-0.3, -0.25) is 4.90 Å². The van der Waals surface area contributed by atoms with E-state index in [9.17, 15) is 0 Å². The Labute approximate surface area is 69.8 Å². The molecule has 1 fully saturated rings. The summed E-state index contributed by atoms with van der Waals surface area (Å²) < 4.78 is 0. The number of likely N-dealkylation sites (N-methyl/N-ethyl adjacent to an activating group) is 1. The lowest BCUT2D eigenvalue weighted by Gasteiger charge is -2.51. The van der Waals surface area contributed by atoms with Crippen molar-refractivity contribution in [2.45, 2.75) is 32.2 Å². The third kappa shape index (κ3) is 1.42. The zero-order valence-corrected chi connectivity index (χ0v) is 7.93. The summed E-state index contributed by atoms with van der Waals surface area (Å²) in [4.78, 5) is 2.40. The molecule has 66 valence electrons. The molecule has 0 atom stereocenters. The lowest BCUT2D eigenvalue weighted by Crippen LogP contribution is -2.59.